The van der Waals surface area contributed by atoms with Gasteiger partial charge in [-0.15, -0.1) is 0 Å². The molecular weight excluding hydrogens is 254 g/mol. The van der Waals surface area contributed by atoms with Gasteiger partial charge in [-0.3, -0.25) is 0 Å². The van der Waals surface area contributed by atoms with E-state index in [2.05, 4.69) is 16.5 Å². The van der Waals surface area contributed by atoms with Crippen molar-refractivity contribution in [3.8, 4) is 0 Å². The maximum atomic E-state index is 11.9. The number of carbonyl (C=O) groups excluding carboxylic acids is 1. The Morgan fingerprint density at radius 2 is 2.05 bits per heavy atom. The highest BCUT2D eigenvalue weighted by Gasteiger charge is 2.40. The molecule has 110 valence electrons. The molecule has 2 unspecified atom stereocenters. The van der Waals surface area contributed by atoms with Crippen molar-refractivity contribution in [2.24, 2.45) is 5.92 Å². The summed E-state index contributed by atoms with van der Waals surface area (Å²) in [6.45, 7) is 9.43. The molecule has 1 amide bonds. The largest absolute Gasteiger partial charge is 0.444 e. The van der Waals surface area contributed by atoms with Crippen LogP contribution in [0, 0.1) is 5.92 Å². The van der Waals surface area contributed by atoms with Crippen LogP contribution in [0.1, 0.15) is 51.8 Å². The number of imidazole rings is 1. The number of hydrogen-bond acceptors (Lipinski definition) is 3. The molecule has 0 spiro atoms. The van der Waals surface area contributed by atoms with Gasteiger partial charge in [0, 0.05) is 36.9 Å². The fourth-order valence-electron chi connectivity index (χ4n) is 2.74. The molecule has 5 heteroatoms. The second-order valence-electron chi connectivity index (χ2n) is 7.09. The molecule has 2 fully saturated rings. The number of likely N-dealkylation sites (tertiary alicyclic amines) is 1. The lowest BCUT2D eigenvalue weighted by atomic mass is 9.97. The Morgan fingerprint density at radius 3 is 2.60 bits per heavy atom. The van der Waals surface area contributed by atoms with Crippen molar-refractivity contribution in [2.45, 2.75) is 51.7 Å². The smallest absolute Gasteiger partial charge is 0.410 e. The third-order valence-corrected chi connectivity index (χ3v) is 4.07. The van der Waals surface area contributed by atoms with Crippen LogP contribution in [0.3, 0.4) is 0 Å². The SMILES string of the molecule is CC1CC1n1cncc1C1CN(C(=O)OC(C)(C)C)C1. The van der Waals surface area contributed by atoms with Gasteiger partial charge in [0.1, 0.15) is 5.60 Å². The first-order valence-electron chi connectivity index (χ1n) is 7.35. The van der Waals surface area contributed by atoms with E-state index in [9.17, 15) is 4.79 Å². The van der Waals surface area contributed by atoms with Gasteiger partial charge in [-0.25, -0.2) is 9.78 Å². The van der Waals surface area contributed by atoms with E-state index in [4.69, 9.17) is 4.74 Å². The molecule has 0 bridgehead atoms. The zero-order chi connectivity index (χ0) is 14.5. The van der Waals surface area contributed by atoms with Gasteiger partial charge < -0.3 is 14.2 Å². The van der Waals surface area contributed by atoms with Crippen LogP contribution >= 0.6 is 0 Å². The molecule has 1 aromatic heterocycles. The van der Waals surface area contributed by atoms with Crippen LogP contribution in [-0.2, 0) is 4.74 Å². The van der Waals surface area contributed by atoms with Crippen molar-refractivity contribution in [1.82, 2.24) is 14.5 Å². The van der Waals surface area contributed by atoms with Crippen molar-refractivity contribution >= 4 is 6.09 Å². The Balaban J connectivity index is 1.58. The first-order valence-corrected chi connectivity index (χ1v) is 7.35. The average molecular weight is 277 g/mol. The van der Waals surface area contributed by atoms with Crippen LogP contribution in [0.5, 0.6) is 0 Å². The van der Waals surface area contributed by atoms with E-state index in [-0.39, 0.29) is 6.09 Å². The van der Waals surface area contributed by atoms with Crippen LogP contribution < -0.4 is 0 Å². The molecule has 0 aromatic carbocycles. The quantitative estimate of drug-likeness (QED) is 0.835. The number of hydrogen-bond donors (Lipinski definition) is 0. The van der Waals surface area contributed by atoms with Gasteiger partial charge in [0.2, 0.25) is 0 Å². The second-order valence-corrected chi connectivity index (χ2v) is 7.09. The fourth-order valence-corrected chi connectivity index (χ4v) is 2.74. The minimum Gasteiger partial charge on any atom is -0.444 e. The molecule has 2 heterocycles. The Kier molecular flexibility index (Phi) is 3.03. The maximum Gasteiger partial charge on any atom is 0.410 e. The number of rotatable bonds is 2. The number of aromatic nitrogens is 2. The Bertz CT molecular complexity index is 511. The molecule has 5 nitrogen and oxygen atoms in total. The van der Waals surface area contributed by atoms with Gasteiger partial charge in [-0.1, -0.05) is 6.92 Å². The Morgan fingerprint density at radius 1 is 1.40 bits per heavy atom. The van der Waals surface area contributed by atoms with Gasteiger partial charge in [0.25, 0.3) is 0 Å². The van der Waals surface area contributed by atoms with Crippen LogP contribution in [0.25, 0.3) is 0 Å². The van der Waals surface area contributed by atoms with Gasteiger partial charge in [0.15, 0.2) is 0 Å². The molecule has 1 saturated carbocycles. The highest BCUT2D eigenvalue weighted by molar-refractivity contribution is 5.69. The number of nitrogens with zero attached hydrogens (tertiary/aromatic N) is 3. The third kappa shape index (κ3) is 2.53. The standard InChI is InChI=1S/C15H23N3O2/c1-10-5-12(10)18-9-16-6-13(18)11-7-17(8-11)14(19)20-15(2,3)4/h6,9-12H,5,7-8H2,1-4H3. The summed E-state index contributed by atoms with van der Waals surface area (Å²) in [5, 5.41) is 0. The van der Waals surface area contributed by atoms with Crippen molar-refractivity contribution in [3.05, 3.63) is 18.2 Å². The first-order chi connectivity index (χ1) is 9.35. The molecule has 1 aliphatic carbocycles. The van der Waals surface area contributed by atoms with Gasteiger partial charge >= 0.3 is 6.09 Å². The Labute approximate surface area is 119 Å². The average Bonchev–Trinajstić information content (AvgIpc) is 2.80. The monoisotopic (exact) mass is 277 g/mol. The first kappa shape index (κ1) is 13.5. The molecule has 1 saturated heterocycles. The molecular formula is C15H23N3O2. The molecule has 2 atom stereocenters. The van der Waals surface area contributed by atoms with Gasteiger partial charge in [-0.2, -0.15) is 0 Å². The molecule has 1 aliphatic heterocycles. The highest BCUT2D eigenvalue weighted by atomic mass is 16.6. The summed E-state index contributed by atoms with van der Waals surface area (Å²) >= 11 is 0. The summed E-state index contributed by atoms with van der Waals surface area (Å²) in [7, 11) is 0. The summed E-state index contributed by atoms with van der Waals surface area (Å²) in [5.41, 5.74) is 0.840. The molecule has 0 radical (unpaired) electrons. The summed E-state index contributed by atoms with van der Waals surface area (Å²) in [5.74, 6) is 1.16. The van der Waals surface area contributed by atoms with E-state index in [0.29, 0.717) is 12.0 Å². The lowest BCUT2D eigenvalue weighted by Gasteiger charge is -2.40. The summed E-state index contributed by atoms with van der Waals surface area (Å²) in [6, 6.07) is 0.614. The molecule has 20 heavy (non-hydrogen) atoms. The minimum absolute atomic E-state index is 0.209. The van der Waals surface area contributed by atoms with Crippen LogP contribution in [0.4, 0.5) is 4.79 Å². The Hall–Kier alpha value is -1.52. The normalized spacial score (nSPS) is 26.3. The van der Waals surface area contributed by atoms with Gasteiger partial charge in [0.05, 0.1) is 6.33 Å². The number of carbonyl (C=O) groups is 1. The molecule has 1 aromatic rings. The predicted octanol–water partition coefficient (Wildman–Crippen LogP) is 2.80. The van der Waals surface area contributed by atoms with Crippen molar-refractivity contribution < 1.29 is 9.53 Å². The van der Waals surface area contributed by atoms with E-state index in [1.54, 1.807) is 4.90 Å². The summed E-state index contributed by atoms with van der Waals surface area (Å²) in [4.78, 5) is 18.0. The molecule has 0 N–H and O–H groups in total. The van der Waals surface area contributed by atoms with E-state index in [1.165, 1.54) is 12.1 Å². The maximum absolute atomic E-state index is 11.9. The molecule has 3 rings (SSSR count). The number of amides is 1. The van der Waals surface area contributed by atoms with Crippen LogP contribution in [0.2, 0.25) is 0 Å². The zero-order valence-corrected chi connectivity index (χ0v) is 12.7. The van der Waals surface area contributed by atoms with E-state index >= 15 is 0 Å². The van der Waals surface area contributed by atoms with Crippen LogP contribution in [0.15, 0.2) is 12.5 Å². The van der Waals surface area contributed by atoms with Crippen molar-refractivity contribution in [1.29, 1.82) is 0 Å². The lowest BCUT2D eigenvalue weighted by molar-refractivity contribution is 0.00757. The third-order valence-electron chi connectivity index (χ3n) is 4.07. The highest BCUT2D eigenvalue weighted by Crippen LogP contribution is 2.44. The minimum atomic E-state index is -0.423. The van der Waals surface area contributed by atoms with E-state index in [0.717, 1.165) is 19.0 Å². The zero-order valence-electron chi connectivity index (χ0n) is 12.7. The van der Waals surface area contributed by atoms with Gasteiger partial charge in [-0.05, 0) is 33.1 Å². The van der Waals surface area contributed by atoms with Crippen molar-refractivity contribution in [3.63, 3.8) is 0 Å². The van der Waals surface area contributed by atoms with E-state index in [1.807, 2.05) is 33.3 Å². The predicted molar refractivity (Wildman–Crippen MR) is 75.6 cm³/mol. The lowest BCUT2D eigenvalue weighted by Crippen LogP contribution is -2.50. The fraction of sp³-hybridized carbons (Fsp3) is 0.733. The number of ether oxygens (including phenoxy) is 1. The van der Waals surface area contributed by atoms with Crippen LogP contribution in [-0.4, -0.2) is 39.2 Å². The second kappa shape index (κ2) is 4.50. The summed E-state index contributed by atoms with van der Waals surface area (Å²) in [6.07, 6.45) is 4.91. The summed E-state index contributed by atoms with van der Waals surface area (Å²) < 4.78 is 7.67. The van der Waals surface area contributed by atoms with E-state index < -0.39 is 5.60 Å². The topological polar surface area (TPSA) is 47.4 Å². The molecule has 2 aliphatic rings. The van der Waals surface area contributed by atoms with Crippen molar-refractivity contribution in [2.75, 3.05) is 13.1 Å².